The van der Waals surface area contributed by atoms with Crippen molar-refractivity contribution in [3.63, 3.8) is 0 Å². The van der Waals surface area contributed by atoms with Gasteiger partial charge in [-0.05, 0) is 0 Å². The number of allylic oxidation sites excluding steroid dienone is 2. The van der Waals surface area contributed by atoms with Crippen molar-refractivity contribution in [2.24, 2.45) is 32.5 Å². The summed E-state index contributed by atoms with van der Waals surface area (Å²) in [5, 5.41) is 1.99. The molecule has 3 heterocycles. The molecule has 1 aromatic carbocycles. The van der Waals surface area contributed by atoms with Crippen LogP contribution < -0.4 is 12.2 Å². The number of Topliss-reactive ketones (excluding diaryl/α,β-unsaturated/α-hetero) is 6. The Morgan fingerprint density at radius 2 is 0.704 bits per heavy atom. The summed E-state index contributed by atoms with van der Waals surface area (Å²) in [5.41, 5.74) is -3.35. The summed E-state index contributed by atoms with van der Waals surface area (Å²) in [6, 6.07) is 4.18. The molecule has 4 rings (SSSR count). The number of nitrogens with zero attached hydrogens (tertiary/aromatic N) is 2. The van der Waals surface area contributed by atoms with Gasteiger partial charge in [-0.1, -0.05) is 0 Å². The van der Waals surface area contributed by atoms with Crippen molar-refractivity contribution in [1.82, 2.24) is 0 Å². The van der Waals surface area contributed by atoms with E-state index in [1.54, 1.807) is 0 Å². The third kappa shape index (κ3) is 8.13. The van der Waals surface area contributed by atoms with Gasteiger partial charge in [0.2, 0.25) is 0 Å². The Hall–Kier alpha value is -2.56. The molecular weight excluding hydrogens is 805 g/mol. The van der Waals surface area contributed by atoms with E-state index >= 15 is 0 Å². The van der Waals surface area contributed by atoms with Crippen LogP contribution in [0.15, 0.2) is 36.7 Å². The second kappa shape index (κ2) is 14.1. The third-order valence-electron chi connectivity index (χ3n) is 12.2. The summed E-state index contributed by atoms with van der Waals surface area (Å²) in [6.45, 7) is 27.8. The second-order valence-corrected chi connectivity index (χ2v) is 39.1. The maximum absolute atomic E-state index is 14.6. The average Bonchev–Trinajstić information content (AvgIpc) is 3.24. The van der Waals surface area contributed by atoms with Crippen molar-refractivity contribution >= 4 is 58.2 Å². The van der Waals surface area contributed by atoms with Gasteiger partial charge in [0, 0.05) is 0 Å². The quantitative estimate of drug-likeness (QED) is 0.162. The molecule has 3 aliphatic heterocycles. The molecule has 0 atom stereocenters. The van der Waals surface area contributed by atoms with Crippen molar-refractivity contribution in [1.29, 1.82) is 0 Å². The second-order valence-electron chi connectivity index (χ2n) is 21.5. The van der Waals surface area contributed by atoms with Gasteiger partial charge in [0.15, 0.2) is 0 Å². The Kier molecular flexibility index (Phi) is 11.5. The van der Waals surface area contributed by atoms with E-state index in [1.165, 1.54) is 0 Å². The van der Waals surface area contributed by atoms with E-state index in [9.17, 15) is 28.8 Å². The van der Waals surface area contributed by atoms with E-state index in [0.717, 1.165) is 21.8 Å². The molecule has 3 aliphatic rings. The van der Waals surface area contributed by atoms with Gasteiger partial charge in [-0.25, -0.2) is 0 Å². The zero-order chi connectivity index (χ0) is 41.3. The van der Waals surface area contributed by atoms with Gasteiger partial charge in [0.05, 0.1) is 0 Å². The maximum atomic E-state index is 14.6. The first-order valence-electron chi connectivity index (χ1n) is 19.4. The first-order chi connectivity index (χ1) is 24.3. The Labute approximate surface area is 326 Å². The van der Waals surface area contributed by atoms with Crippen molar-refractivity contribution in [3.8, 4) is 0 Å². The van der Waals surface area contributed by atoms with Gasteiger partial charge in [-0.15, -0.1) is 0 Å². The van der Waals surface area contributed by atoms with Crippen LogP contribution in [0.1, 0.15) is 123 Å². The standard InChI is InChI=1S/C12H8N2.3C11H19O2.Ce/c1-3-9-5-6-10-4-2-8-14-12(10)11(9)13-7-1;3*1-10(2,3)8(12)7-9(13)11(4,5)6;/h1-8H;3*1,7H2,2-6H3;/q-2;;;;+2. The predicted molar refractivity (Wildman–Crippen MR) is 216 cm³/mol. The van der Waals surface area contributed by atoms with Gasteiger partial charge in [0.25, 0.3) is 0 Å². The molecule has 295 valence electrons. The first kappa shape index (κ1) is 44.2. The molecule has 0 aromatic heterocycles. The van der Waals surface area contributed by atoms with E-state index < -0.39 is 64.5 Å². The normalized spacial score (nSPS) is 18.2. The van der Waals surface area contributed by atoms with Crippen LogP contribution in [0.3, 0.4) is 0 Å². The van der Waals surface area contributed by atoms with Crippen molar-refractivity contribution in [2.75, 3.05) is 1.73 Å². The van der Waals surface area contributed by atoms with Gasteiger partial charge in [-0.3, -0.25) is 0 Å². The first-order valence-corrected chi connectivity index (χ1v) is 28.9. The molecule has 0 spiro atoms. The predicted octanol–water partition coefficient (Wildman–Crippen LogP) is 8.51. The summed E-state index contributed by atoms with van der Waals surface area (Å²) in [7, 11) is 0. The number of hydrogen-bond acceptors (Lipinski definition) is 8. The molecule has 0 unspecified atom stereocenters. The zero-order valence-corrected chi connectivity index (χ0v) is 38.8. The van der Waals surface area contributed by atoms with E-state index in [2.05, 4.69) is 38.4 Å². The number of ketones is 6. The van der Waals surface area contributed by atoms with E-state index in [0.29, 0.717) is 5.82 Å². The van der Waals surface area contributed by atoms with Crippen molar-refractivity contribution in [3.05, 3.63) is 47.1 Å². The van der Waals surface area contributed by atoms with Gasteiger partial charge >= 0.3 is 329 Å². The number of rotatable bonds is 15. The molecule has 8 nitrogen and oxygen atoms in total. The Morgan fingerprint density at radius 1 is 0.444 bits per heavy atom. The monoisotopic (exact) mass is 869 g/mol. The van der Waals surface area contributed by atoms with Crippen LogP contribution in [0.2, 0.25) is 5.82 Å². The summed E-state index contributed by atoms with van der Waals surface area (Å²) >= 11 is -5.82. The topological polar surface area (TPSA) is 109 Å². The fourth-order valence-electron chi connectivity index (χ4n) is 9.08. The fraction of sp³-hybridized carbons (Fsp3) is 0.600. The van der Waals surface area contributed by atoms with Crippen LogP contribution in [0, 0.1) is 64.5 Å². The molecule has 0 radical (unpaired) electrons. The Bertz CT molecular complexity index is 1800. The van der Waals surface area contributed by atoms with E-state index in [4.69, 9.17) is 0 Å². The Morgan fingerprint density at radius 3 is 0.944 bits per heavy atom. The molecule has 0 bridgehead atoms. The summed E-state index contributed by atoms with van der Waals surface area (Å²) in [6.07, 6.45) is 11.6. The summed E-state index contributed by atoms with van der Waals surface area (Å²) < 4.78 is 5.79. The number of hydrogen-bond donors (Lipinski definition) is 0. The number of carbonyl (C=O) groups excluding carboxylic acids is 6. The van der Waals surface area contributed by atoms with Gasteiger partial charge in [-0.2, -0.15) is 0 Å². The molecule has 54 heavy (non-hydrogen) atoms. The van der Waals surface area contributed by atoms with Gasteiger partial charge in [0.1, 0.15) is 0 Å². The van der Waals surface area contributed by atoms with E-state index in [-0.39, 0.29) is 54.0 Å². The molecule has 0 saturated heterocycles. The van der Waals surface area contributed by atoms with Crippen molar-refractivity contribution < 1.29 is 60.8 Å². The molecule has 0 fully saturated rings. The summed E-state index contributed by atoms with van der Waals surface area (Å²) in [4.78, 5) is 84.2. The van der Waals surface area contributed by atoms with Crippen LogP contribution in [0.4, 0.5) is 11.4 Å². The number of carbonyl (C=O) groups is 6. The number of benzene rings is 1. The van der Waals surface area contributed by atoms with Gasteiger partial charge < -0.3 is 0 Å². The Balaban J connectivity index is 2.10. The molecule has 9 heteroatoms. The SMILES string of the molecule is CC(C)(C)C(=O)CC(=O)C(C)(C)[CH2][Ce]1([CH2]C(C)(C)C(=O)CC(=O)C(C)(C)C)([CH2]C(C)(C)C(=O)CC(=O)C(C)(C)C)[N]2C=CC=c3ccc4c(c32)[N]1C=CC=4. The zero-order valence-electron chi connectivity index (χ0n) is 35.7. The molecule has 0 amide bonds. The van der Waals surface area contributed by atoms with E-state index in [1.807, 2.05) is 116 Å². The minimum atomic E-state index is -5.82. The van der Waals surface area contributed by atoms with Crippen LogP contribution in [-0.4, -0.2) is 34.7 Å². The molecule has 0 aliphatic carbocycles. The number of anilines is 2. The molecular formula is C45H65CeN2O6. The van der Waals surface area contributed by atoms with Crippen LogP contribution in [-0.2, 0) is 28.8 Å². The fourth-order valence-corrected chi connectivity index (χ4v) is 43.3. The van der Waals surface area contributed by atoms with Crippen LogP contribution in [0.25, 0.3) is 12.2 Å². The molecule has 1 aromatic rings. The van der Waals surface area contributed by atoms with Crippen LogP contribution >= 0.6 is 0 Å². The van der Waals surface area contributed by atoms with Crippen molar-refractivity contribution in [2.45, 2.75) is 129 Å². The van der Waals surface area contributed by atoms with Crippen LogP contribution in [0.5, 0.6) is 0 Å². The average molecular weight is 870 g/mol. The summed E-state index contributed by atoms with van der Waals surface area (Å²) in [5.74, 6) is -0.993. The molecule has 0 saturated carbocycles. The molecule has 0 N–H and O–H groups in total. The third-order valence-corrected chi connectivity index (χ3v) is 38.4. The minimum absolute atomic E-state index is 0.147.